The van der Waals surface area contributed by atoms with Crippen LogP contribution in [0, 0.1) is 0 Å². The van der Waals surface area contributed by atoms with E-state index >= 15 is 0 Å². The van der Waals surface area contributed by atoms with Crippen molar-refractivity contribution >= 4 is 22.9 Å². The van der Waals surface area contributed by atoms with E-state index in [0.29, 0.717) is 6.54 Å². The molecule has 134 valence electrons. The van der Waals surface area contributed by atoms with Crippen molar-refractivity contribution in [3.8, 4) is 5.75 Å². The number of methoxy groups -OCH3 is 1. The fourth-order valence-electron chi connectivity index (χ4n) is 2.46. The van der Waals surface area contributed by atoms with Crippen LogP contribution in [-0.4, -0.2) is 35.1 Å². The first kappa shape index (κ1) is 17.5. The number of fused-ring (bicyclic) bond motifs is 1. The SMILES string of the molecule is COc1ccc(CNC(=O)COC(=O)Cn2cnc3ccccc32)cc1. The molecule has 0 aliphatic heterocycles. The summed E-state index contributed by atoms with van der Waals surface area (Å²) >= 11 is 0. The summed E-state index contributed by atoms with van der Waals surface area (Å²) < 4.78 is 11.8. The maximum atomic E-state index is 11.9. The largest absolute Gasteiger partial charge is 0.497 e. The van der Waals surface area contributed by atoms with Gasteiger partial charge in [0, 0.05) is 6.54 Å². The number of benzene rings is 2. The molecule has 2 aromatic carbocycles. The van der Waals surface area contributed by atoms with E-state index in [1.54, 1.807) is 18.0 Å². The van der Waals surface area contributed by atoms with Gasteiger partial charge in [0.1, 0.15) is 12.3 Å². The lowest BCUT2D eigenvalue weighted by atomic mass is 10.2. The second-order valence-electron chi connectivity index (χ2n) is 5.65. The molecule has 3 rings (SSSR count). The maximum Gasteiger partial charge on any atom is 0.326 e. The fourth-order valence-corrected chi connectivity index (χ4v) is 2.46. The molecule has 3 aromatic rings. The Labute approximate surface area is 150 Å². The molecule has 0 saturated heterocycles. The van der Waals surface area contributed by atoms with Gasteiger partial charge in [0.05, 0.1) is 24.5 Å². The Balaban J connectivity index is 1.44. The number of hydrogen-bond acceptors (Lipinski definition) is 5. The van der Waals surface area contributed by atoms with Gasteiger partial charge in [-0.05, 0) is 29.8 Å². The van der Waals surface area contributed by atoms with Crippen molar-refractivity contribution in [1.82, 2.24) is 14.9 Å². The highest BCUT2D eigenvalue weighted by molar-refractivity contribution is 5.81. The number of esters is 1. The minimum atomic E-state index is -0.493. The smallest absolute Gasteiger partial charge is 0.326 e. The van der Waals surface area contributed by atoms with Crippen molar-refractivity contribution < 1.29 is 19.1 Å². The minimum Gasteiger partial charge on any atom is -0.497 e. The lowest BCUT2D eigenvalue weighted by Gasteiger charge is -2.08. The molecule has 0 radical (unpaired) electrons. The Bertz CT molecular complexity index is 903. The summed E-state index contributed by atoms with van der Waals surface area (Å²) in [6.45, 7) is 0.0421. The zero-order valence-corrected chi connectivity index (χ0v) is 14.3. The van der Waals surface area contributed by atoms with Gasteiger partial charge in [-0.3, -0.25) is 9.59 Å². The van der Waals surface area contributed by atoms with Crippen LogP contribution in [0.4, 0.5) is 0 Å². The molecule has 0 aliphatic carbocycles. The number of aromatic nitrogens is 2. The summed E-state index contributed by atoms with van der Waals surface area (Å²) in [7, 11) is 1.59. The van der Waals surface area contributed by atoms with Crippen LogP contribution in [-0.2, 0) is 27.4 Å². The van der Waals surface area contributed by atoms with Gasteiger partial charge < -0.3 is 19.4 Å². The molecule has 0 spiro atoms. The van der Waals surface area contributed by atoms with Crippen molar-refractivity contribution in [2.45, 2.75) is 13.1 Å². The number of ether oxygens (including phenoxy) is 2. The second kappa shape index (κ2) is 8.15. The molecule has 1 N–H and O–H groups in total. The highest BCUT2D eigenvalue weighted by Crippen LogP contribution is 2.12. The van der Waals surface area contributed by atoms with E-state index in [4.69, 9.17) is 9.47 Å². The summed E-state index contributed by atoms with van der Waals surface area (Å²) in [5, 5.41) is 2.70. The fraction of sp³-hybridized carbons (Fsp3) is 0.211. The summed E-state index contributed by atoms with van der Waals surface area (Å²) in [5.74, 6) is -0.0987. The zero-order chi connectivity index (χ0) is 18.4. The highest BCUT2D eigenvalue weighted by Gasteiger charge is 2.10. The second-order valence-corrected chi connectivity index (χ2v) is 5.65. The number of rotatable bonds is 7. The monoisotopic (exact) mass is 353 g/mol. The third-order valence-corrected chi connectivity index (χ3v) is 3.84. The van der Waals surface area contributed by atoms with E-state index in [1.165, 1.54) is 0 Å². The van der Waals surface area contributed by atoms with Crippen LogP contribution in [0.2, 0.25) is 0 Å². The molecule has 7 nitrogen and oxygen atoms in total. The summed E-state index contributed by atoms with van der Waals surface area (Å²) in [4.78, 5) is 28.0. The van der Waals surface area contributed by atoms with Gasteiger partial charge >= 0.3 is 5.97 Å². The topological polar surface area (TPSA) is 82.5 Å². The number of imidazole rings is 1. The molecule has 0 atom stereocenters. The van der Waals surface area contributed by atoms with E-state index in [2.05, 4.69) is 10.3 Å². The highest BCUT2D eigenvalue weighted by atomic mass is 16.5. The predicted octanol–water partition coefficient (Wildman–Crippen LogP) is 1.90. The number of carbonyl (C=O) groups excluding carboxylic acids is 2. The van der Waals surface area contributed by atoms with E-state index < -0.39 is 5.97 Å². The lowest BCUT2D eigenvalue weighted by Crippen LogP contribution is -2.29. The molecule has 7 heteroatoms. The van der Waals surface area contributed by atoms with E-state index in [1.807, 2.05) is 48.5 Å². The van der Waals surface area contributed by atoms with Crippen LogP contribution in [0.1, 0.15) is 5.56 Å². The number of nitrogens with one attached hydrogen (secondary N) is 1. The Morgan fingerprint density at radius 2 is 1.88 bits per heavy atom. The molecule has 0 unspecified atom stereocenters. The molecule has 1 heterocycles. The first-order chi connectivity index (χ1) is 12.7. The van der Waals surface area contributed by atoms with Gasteiger partial charge in [-0.25, -0.2) is 4.98 Å². The molecule has 0 bridgehead atoms. The van der Waals surface area contributed by atoms with E-state index in [9.17, 15) is 9.59 Å². The average molecular weight is 353 g/mol. The number of hydrogen-bond donors (Lipinski definition) is 1. The molecule has 1 amide bonds. The van der Waals surface area contributed by atoms with E-state index in [-0.39, 0.29) is 19.1 Å². The molecular formula is C19H19N3O4. The van der Waals surface area contributed by atoms with Gasteiger partial charge in [-0.2, -0.15) is 0 Å². The van der Waals surface area contributed by atoms with Gasteiger partial charge in [-0.15, -0.1) is 0 Å². The molecule has 26 heavy (non-hydrogen) atoms. The van der Waals surface area contributed by atoms with Crippen LogP contribution in [0.5, 0.6) is 5.75 Å². The summed E-state index contributed by atoms with van der Waals surface area (Å²) in [6.07, 6.45) is 1.58. The van der Waals surface area contributed by atoms with Crippen LogP contribution < -0.4 is 10.1 Å². The van der Waals surface area contributed by atoms with E-state index in [0.717, 1.165) is 22.3 Å². The molecule has 0 saturated carbocycles. The average Bonchev–Trinajstić information content (AvgIpc) is 3.08. The van der Waals surface area contributed by atoms with Crippen LogP contribution in [0.25, 0.3) is 11.0 Å². The Hall–Kier alpha value is -3.35. The van der Waals surface area contributed by atoms with Crippen molar-refractivity contribution in [2.75, 3.05) is 13.7 Å². The lowest BCUT2D eigenvalue weighted by molar-refractivity contribution is -0.149. The standard InChI is InChI=1S/C19H19N3O4/c1-25-15-8-6-14(7-9-15)10-20-18(23)12-26-19(24)11-22-13-21-16-4-2-3-5-17(16)22/h2-9,13H,10-12H2,1H3,(H,20,23). The zero-order valence-electron chi connectivity index (χ0n) is 14.3. The molecule has 0 aliphatic rings. The quantitative estimate of drug-likeness (QED) is 0.656. The summed E-state index contributed by atoms with van der Waals surface area (Å²) in [5.41, 5.74) is 2.57. The van der Waals surface area contributed by atoms with Gasteiger partial charge in [0.25, 0.3) is 5.91 Å². The van der Waals surface area contributed by atoms with Gasteiger partial charge in [0.2, 0.25) is 0 Å². The number of para-hydroxylation sites is 2. The first-order valence-electron chi connectivity index (χ1n) is 8.11. The predicted molar refractivity (Wildman–Crippen MR) is 95.5 cm³/mol. The third kappa shape index (κ3) is 4.38. The Kier molecular flexibility index (Phi) is 5.48. The third-order valence-electron chi connectivity index (χ3n) is 3.84. The number of amides is 1. The molecule has 0 fully saturated rings. The Morgan fingerprint density at radius 1 is 1.12 bits per heavy atom. The Morgan fingerprint density at radius 3 is 2.65 bits per heavy atom. The van der Waals surface area contributed by atoms with Crippen molar-refractivity contribution in [3.63, 3.8) is 0 Å². The number of nitrogens with zero attached hydrogens (tertiary/aromatic N) is 2. The number of carbonyl (C=O) groups is 2. The van der Waals surface area contributed by atoms with Crippen LogP contribution in [0.3, 0.4) is 0 Å². The summed E-state index contributed by atoms with van der Waals surface area (Å²) in [6, 6.07) is 14.8. The van der Waals surface area contributed by atoms with Gasteiger partial charge in [0.15, 0.2) is 6.61 Å². The van der Waals surface area contributed by atoms with Crippen molar-refractivity contribution in [2.24, 2.45) is 0 Å². The molecular weight excluding hydrogens is 334 g/mol. The van der Waals surface area contributed by atoms with Gasteiger partial charge in [-0.1, -0.05) is 24.3 Å². The minimum absolute atomic E-state index is 0.00622. The van der Waals surface area contributed by atoms with Crippen molar-refractivity contribution in [3.05, 3.63) is 60.4 Å². The normalized spacial score (nSPS) is 10.5. The van der Waals surface area contributed by atoms with Crippen molar-refractivity contribution in [1.29, 1.82) is 0 Å². The van der Waals surface area contributed by atoms with Crippen LogP contribution >= 0.6 is 0 Å². The first-order valence-corrected chi connectivity index (χ1v) is 8.11. The van der Waals surface area contributed by atoms with Crippen LogP contribution in [0.15, 0.2) is 54.9 Å². The molecule has 1 aromatic heterocycles. The maximum absolute atomic E-state index is 11.9.